The summed E-state index contributed by atoms with van der Waals surface area (Å²) in [6.07, 6.45) is -3.00. The first-order valence-electron chi connectivity index (χ1n) is 7.67. The van der Waals surface area contributed by atoms with Gasteiger partial charge in [-0.15, -0.1) is 0 Å². The second-order valence-electron chi connectivity index (χ2n) is 6.48. The lowest BCUT2D eigenvalue weighted by atomic mass is 9.75. The summed E-state index contributed by atoms with van der Waals surface area (Å²) in [6.45, 7) is 4.98. The third-order valence-electron chi connectivity index (χ3n) is 4.64. The first-order chi connectivity index (χ1) is 10.7. The molecule has 130 valence electrons. The van der Waals surface area contributed by atoms with Crippen LogP contribution in [0.25, 0.3) is 0 Å². The molecule has 1 aliphatic carbocycles. The van der Waals surface area contributed by atoms with Gasteiger partial charge in [-0.2, -0.15) is 0 Å². The molecule has 6 atom stereocenters. The van der Waals surface area contributed by atoms with Crippen molar-refractivity contribution in [3.05, 3.63) is 11.6 Å². The maximum Gasteiger partial charge on any atom is 0.320 e. The first kappa shape index (κ1) is 18.1. The fraction of sp³-hybridized carbons (Fsp3) is 0.750. The summed E-state index contributed by atoms with van der Waals surface area (Å²) in [5, 5.41) is 20.1. The van der Waals surface area contributed by atoms with E-state index in [9.17, 15) is 19.8 Å². The lowest BCUT2D eigenvalue weighted by Crippen LogP contribution is -2.59. The van der Waals surface area contributed by atoms with Crippen molar-refractivity contribution >= 4 is 11.8 Å². The van der Waals surface area contributed by atoms with Gasteiger partial charge in [0, 0.05) is 7.11 Å². The van der Waals surface area contributed by atoms with Crippen LogP contribution in [0.2, 0.25) is 0 Å². The molecule has 0 spiro atoms. The molecule has 0 aromatic heterocycles. The van der Waals surface area contributed by atoms with Crippen molar-refractivity contribution < 1.29 is 34.0 Å². The SMILES string of the molecule is CO[C@H]1O[C@H](C)[C@@H](OC(=O)[C@@]2(C)CCC(C)=CC2=O)[C@H](O)[C@H]1O. The van der Waals surface area contributed by atoms with Gasteiger partial charge in [0.1, 0.15) is 17.6 Å². The van der Waals surface area contributed by atoms with E-state index < -0.39 is 42.1 Å². The molecule has 1 fully saturated rings. The predicted octanol–water partition coefficient (Wildman–Crippen LogP) is 0.327. The number of aliphatic hydroxyl groups excluding tert-OH is 2. The number of carbonyl (C=O) groups is 2. The Morgan fingerprint density at radius 2 is 2.04 bits per heavy atom. The van der Waals surface area contributed by atoms with Crippen LogP contribution in [0.3, 0.4) is 0 Å². The highest BCUT2D eigenvalue weighted by Gasteiger charge is 2.49. The molecule has 7 nitrogen and oxygen atoms in total. The Balaban J connectivity index is 2.12. The van der Waals surface area contributed by atoms with Crippen LogP contribution in [-0.4, -0.2) is 59.8 Å². The average molecular weight is 328 g/mol. The van der Waals surface area contributed by atoms with Gasteiger partial charge in [0.2, 0.25) is 0 Å². The van der Waals surface area contributed by atoms with Gasteiger partial charge in [-0.3, -0.25) is 9.59 Å². The highest BCUT2D eigenvalue weighted by Crippen LogP contribution is 2.35. The number of carbonyl (C=O) groups excluding carboxylic acids is 2. The van der Waals surface area contributed by atoms with E-state index in [4.69, 9.17) is 14.2 Å². The lowest BCUT2D eigenvalue weighted by molar-refractivity contribution is -0.290. The molecule has 23 heavy (non-hydrogen) atoms. The van der Waals surface area contributed by atoms with E-state index in [1.165, 1.54) is 20.1 Å². The zero-order valence-electron chi connectivity index (χ0n) is 13.8. The molecule has 2 aliphatic rings. The lowest BCUT2D eigenvalue weighted by Gasteiger charge is -2.41. The van der Waals surface area contributed by atoms with Gasteiger partial charge in [0.05, 0.1) is 6.10 Å². The molecule has 7 heteroatoms. The standard InChI is InChI=1S/C16H24O7/c1-8-5-6-16(3,10(17)7-8)15(20)23-13-9(2)22-14(21-4)12(19)11(13)18/h7,9,11-14,18-19H,5-6H2,1-4H3/t9-,11-,12-,13-,14+,16+/m1/s1. The normalized spacial score (nSPS) is 41.4. The van der Waals surface area contributed by atoms with Crippen molar-refractivity contribution in [2.45, 2.75) is 64.3 Å². The molecule has 0 aromatic carbocycles. The third kappa shape index (κ3) is 3.33. The second kappa shape index (κ2) is 6.68. The summed E-state index contributed by atoms with van der Waals surface area (Å²) in [7, 11) is 1.34. The molecule has 0 saturated carbocycles. The molecule has 2 rings (SSSR count). The van der Waals surface area contributed by atoms with Crippen molar-refractivity contribution in [2.75, 3.05) is 7.11 Å². The summed E-state index contributed by atoms with van der Waals surface area (Å²) in [6, 6.07) is 0. The van der Waals surface area contributed by atoms with E-state index in [2.05, 4.69) is 0 Å². The van der Waals surface area contributed by atoms with Crippen LogP contribution in [-0.2, 0) is 23.8 Å². The van der Waals surface area contributed by atoms with Gasteiger partial charge in [-0.05, 0) is 39.7 Å². The Labute approximate surface area is 135 Å². The van der Waals surface area contributed by atoms with Crippen LogP contribution in [0.1, 0.15) is 33.6 Å². The number of allylic oxidation sites excluding steroid dienone is 2. The summed E-state index contributed by atoms with van der Waals surface area (Å²) >= 11 is 0. The molecule has 0 unspecified atom stereocenters. The van der Waals surface area contributed by atoms with Crippen molar-refractivity contribution in [3.63, 3.8) is 0 Å². The van der Waals surface area contributed by atoms with Gasteiger partial charge in [0.25, 0.3) is 0 Å². The molecule has 0 radical (unpaired) electrons. The van der Waals surface area contributed by atoms with Crippen LogP contribution < -0.4 is 0 Å². The monoisotopic (exact) mass is 328 g/mol. The smallest absolute Gasteiger partial charge is 0.320 e. The Morgan fingerprint density at radius 3 is 2.61 bits per heavy atom. The fourth-order valence-electron chi connectivity index (χ4n) is 2.84. The van der Waals surface area contributed by atoms with Crippen LogP contribution in [0, 0.1) is 5.41 Å². The van der Waals surface area contributed by atoms with Crippen LogP contribution in [0.5, 0.6) is 0 Å². The number of esters is 1. The topological polar surface area (TPSA) is 102 Å². The van der Waals surface area contributed by atoms with E-state index in [0.717, 1.165) is 5.57 Å². The quantitative estimate of drug-likeness (QED) is 0.568. The molecular formula is C16H24O7. The van der Waals surface area contributed by atoms with Crippen molar-refractivity contribution in [1.82, 2.24) is 0 Å². The van der Waals surface area contributed by atoms with Crippen LogP contribution in [0.15, 0.2) is 11.6 Å². The number of aliphatic hydroxyl groups is 2. The summed E-state index contributed by atoms with van der Waals surface area (Å²) in [5.41, 5.74) is -0.352. The summed E-state index contributed by atoms with van der Waals surface area (Å²) < 4.78 is 15.7. The minimum Gasteiger partial charge on any atom is -0.456 e. The van der Waals surface area contributed by atoms with Crippen molar-refractivity contribution in [3.8, 4) is 0 Å². The van der Waals surface area contributed by atoms with Gasteiger partial charge in [-0.25, -0.2) is 0 Å². The zero-order chi connectivity index (χ0) is 17.4. The van der Waals surface area contributed by atoms with E-state index in [1.54, 1.807) is 6.92 Å². The highest BCUT2D eigenvalue weighted by atomic mass is 16.7. The second-order valence-corrected chi connectivity index (χ2v) is 6.48. The van der Waals surface area contributed by atoms with Crippen LogP contribution in [0.4, 0.5) is 0 Å². The number of ketones is 1. The van der Waals surface area contributed by atoms with Crippen LogP contribution >= 0.6 is 0 Å². The van der Waals surface area contributed by atoms with Crippen molar-refractivity contribution in [2.24, 2.45) is 5.41 Å². The minimum absolute atomic E-state index is 0.305. The molecular weight excluding hydrogens is 304 g/mol. The number of ether oxygens (including phenoxy) is 3. The largest absolute Gasteiger partial charge is 0.456 e. The Morgan fingerprint density at radius 1 is 1.39 bits per heavy atom. The number of hydrogen-bond acceptors (Lipinski definition) is 7. The van der Waals surface area contributed by atoms with E-state index in [1.807, 2.05) is 6.92 Å². The Hall–Kier alpha value is -1.28. The molecule has 1 heterocycles. The van der Waals surface area contributed by atoms with Gasteiger partial charge in [-0.1, -0.05) is 5.57 Å². The third-order valence-corrected chi connectivity index (χ3v) is 4.64. The summed E-state index contributed by atoms with van der Waals surface area (Å²) in [4.78, 5) is 24.7. The Bertz CT molecular complexity index is 515. The molecule has 0 aromatic rings. The van der Waals surface area contributed by atoms with Gasteiger partial charge >= 0.3 is 5.97 Å². The van der Waals surface area contributed by atoms with E-state index in [-0.39, 0.29) is 5.78 Å². The molecule has 2 N–H and O–H groups in total. The van der Waals surface area contributed by atoms with E-state index >= 15 is 0 Å². The minimum atomic E-state index is -1.35. The maximum absolute atomic E-state index is 12.5. The van der Waals surface area contributed by atoms with Gasteiger partial charge in [0.15, 0.2) is 18.2 Å². The fourth-order valence-corrected chi connectivity index (χ4v) is 2.84. The highest BCUT2D eigenvalue weighted by molar-refractivity contribution is 6.09. The molecule has 1 aliphatic heterocycles. The zero-order valence-corrected chi connectivity index (χ0v) is 13.8. The van der Waals surface area contributed by atoms with Crippen molar-refractivity contribution in [1.29, 1.82) is 0 Å². The molecule has 1 saturated heterocycles. The number of hydrogen-bond donors (Lipinski definition) is 2. The molecule has 0 amide bonds. The number of methoxy groups -OCH3 is 1. The van der Waals surface area contributed by atoms with Gasteiger partial charge < -0.3 is 24.4 Å². The van der Waals surface area contributed by atoms with E-state index in [0.29, 0.717) is 12.8 Å². The predicted molar refractivity (Wildman–Crippen MR) is 79.3 cm³/mol. The molecule has 0 bridgehead atoms. The Kier molecular flexibility index (Phi) is 5.25. The average Bonchev–Trinajstić information content (AvgIpc) is 2.51. The number of rotatable bonds is 3. The first-order valence-corrected chi connectivity index (χ1v) is 7.67. The summed E-state index contributed by atoms with van der Waals surface area (Å²) in [5.74, 6) is -1.02. The maximum atomic E-state index is 12.5.